The summed E-state index contributed by atoms with van der Waals surface area (Å²) in [5.74, 6) is 0.222. The first-order valence-corrected chi connectivity index (χ1v) is 5.88. The lowest BCUT2D eigenvalue weighted by Crippen LogP contribution is -2.49. The molecular formula is C10H21N5O2. The predicted molar refractivity (Wildman–Crippen MR) is 65.1 cm³/mol. The summed E-state index contributed by atoms with van der Waals surface area (Å²) in [7, 11) is 0. The highest BCUT2D eigenvalue weighted by atomic mass is 16.4. The van der Waals surface area contributed by atoms with Gasteiger partial charge in [0.2, 0.25) is 0 Å². The molecule has 0 saturated carbocycles. The lowest BCUT2D eigenvalue weighted by molar-refractivity contribution is 0.206. The Morgan fingerprint density at radius 3 is 2.71 bits per heavy atom. The summed E-state index contributed by atoms with van der Waals surface area (Å²) in [5, 5.41) is 17.0. The fourth-order valence-corrected chi connectivity index (χ4v) is 1.89. The number of amides is 2. The monoisotopic (exact) mass is 243 g/mol. The number of piperidine rings is 1. The second-order valence-corrected chi connectivity index (χ2v) is 4.15. The van der Waals surface area contributed by atoms with Gasteiger partial charge in [0.1, 0.15) is 0 Å². The Morgan fingerprint density at radius 2 is 2.18 bits per heavy atom. The summed E-state index contributed by atoms with van der Waals surface area (Å²) in [6, 6.07) is 0.104. The van der Waals surface area contributed by atoms with Crippen molar-refractivity contribution in [3.05, 3.63) is 0 Å². The molecule has 1 aliphatic heterocycles. The van der Waals surface area contributed by atoms with E-state index >= 15 is 0 Å². The number of nitrogens with two attached hydrogens (primary N) is 1. The summed E-state index contributed by atoms with van der Waals surface area (Å²) < 4.78 is 0. The van der Waals surface area contributed by atoms with Gasteiger partial charge in [-0.15, -0.1) is 0 Å². The maximum Gasteiger partial charge on any atom is 0.314 e. The van der Waals surface area contributed by atoms with Crippen LogP contribution in [0.3, 0.4) is 0 Å². The van der Waals surface area contributed by atoms with E-state index in [1.54, 1.807) is 0 Å². The van der Waals surface area contributed by atoms with E-state index in [0.29, 0.717) is 13.1 Å². The molecule has 0 aromatic heterocycles. The van der Waals surface area contributed by atoms with Gasteiger partial charge in [0.25, 0.3) is 0 Å². The van der Waals surface area contributed by atoms with Crippen molar-refractivity contribution in [2.24, 2.45) is 10.9 Å². The van der Waals surface area contributed by atoms with Crippen LogP contribution < -0.4 is 16.4 Å². The highest BCUT2D eigenvalue weighted by Gasteiger charge is 2.20. The van der Waals surface area contributed by atoms with E-state index in [-0.39, 0.29) is 17.9 Å². The van der Waals surface area contributed by atoms with Gasteiger partial charge in [-0.05, 0) is 19.8 Å². The van der Waals surface area contributed by atoms with Crippen LogP contribution in [0.2, 0.25) is 0 Å². The number of oxime groups is 1. The zero-order valence-corrected chi connectivity index (χ0v) is 10.1. The molecule has 0 spiro atoms. The van der Waals surface area contributed by atoms with Crippen molar-refractivity contribution in [1.82, 2.24) is 15.5 Å². The van der Waals surface area contributed by atoms with Crippen LogP contribution in [-0.4, -0.2) is 54.2 Å². The molecule has 7 nitrogen and oxygen atoms in total. The van der Waals surface area contributed by atoms with Crippen molar-refractivity contribution < 1.29 is 10.0 Å². The first kappa shape index (κ1) is 13.6. The van der Waals surface area contributed by atoms with Crippen molar-refractivity contribution in [1.29, 1.82) is 0 Å². The molecule has 0 aliphatic carbocycles. The van der Waals surface area contributed by atoms with Crippen molar-refractivity contribution >= 4 is 11.9 Å². The van der Waals surface area contributed by atoms with E-state index in [0.717, 1.165) is 25.9 Å². The second kappa shape index (κ2) is 6.95. The largest absolute Gasteiger partial charge is 0.409 e. The zero-order chi connectivity index (χ0) is 12.7. The SMILES string of the molecule is CCNC(=O)NC1CCN(CC(N)=NO)CC1. The molecule has 0 atom stereocenters. The van der Waals surface area contributed by atoms with E-state index in [4.69, 9.17) is 10.9 Å². The van der Waals surface area contributed by atoms with Gasteiger partial charge in [-0.3, -0.25) is 4.90 Å². The molecule has 2 amide bonds. The Kier molecular flexibility index (Phi) is 5.55. The van der Waals surface area contributed by atoms with Crippen LogP contribution in [0.15, 0.2) is 5.16 Å². The molecule has 1 heterocycles. The Labute approximate surface area is 101 Å². The number of urea groups is 1. The van der Waals surface area contributed by atoms with E-state index in [9.17, 15) is 4.79 Å². The fraction of sp³-hybridized carbons (Fsp3) is 0.800. The summed E-state index contributed by atoms with van der Waals surface area (Å²) in [6.07, 6.45) is 1.77. The molecule has 0 aromatic carbocycles. The van der Waals surface area contributed by atoms with Crippen molar-refractivity contribution in [2.45, 2.75) is 25.8 Å². The summed E-state index contributed by atoms with van der Waals surface area (Å²) in [5.41, 5.74) is 5.44. The molecule has 0 aromatic rings. The van der Waals surface area contributed by atoms with Gasteiger partial charge in [-0.25, -0.2) is 4.79 Å². The van der Waals surface area contributed by atoms with E-state index in [2.05, 4.69) is 20.7 Å². The van der Waals surface area contributed by atoms with Gasteiger partial charge in [-0.1, -0.05) is 5.16 Å². The summed E-state index contributed by atoms with van der Waals surface area (Å²) >= 11 is 0. The van der Waals surface area contributed by atoms with Gasteiger partial charge in [-0.2, -0.15) is 0 Å². The topological polar surface area (TPSA) is 103 Å². The molecule has 1 fully saturated rings. The van der Waals surface area contributed by atoms with E-state index < -0.39 is 0 Å². The maximum atomic E-state index is 11.3. The molecule has 1 saturated heterocycles. The van der Waals surface area contributed by atoms with Crippen LogP contribution in [0.5, 0.6) is 0 Å². The number of rotatable bonds is 4. The highest BCUT2D eigenvalue weighted by Crippen LogP contribution is 2.09. The van der Waals surface area contributed by atoms with Crippen LogP contribution >= 0.6 is 0 Å². The zero-order valence-electron chi connectivity index (χ0n) is 10.1. The third kappa shape index (κ3) is 4.90. The van der Waals surface area contributed by atoms with Gasteiger partial charge in [0.15, 0.2) is 5.84 Å². The van der Waals surface area contributed by atoms with Crippen molar-refractivity contribution in [3.63, 3.8) is 0 Å². The number of likely N-dealkylation sites (tertiary alicyclic amines) is 1. The molecule has 7 heteroatoms. The molecule has 0 radical (unpaired) electrons. The first-order valence-electron chi connectivity index (χ1n) is 5.88. The Morgan fingerprint density at radius 1 is 1.53 bits per heavy atom. The summed E-state index contributed by atoms with van der Waals surface area (Å²) in [6.45, 7) is 4.68. The predicted octanol–water partition coefficient (Wildman–Crippen LogP) is -0.484. The van der Waals surface area contributed by atoms with Crippen LogP contribution in [0.25, 0.3) is 0 Å². The smallest absolute Gasteiger partial charge is 0.314 e. The van der Waals surface area contributed by atoms with Crippen LogP contribution in [0, 0.1) is 0 Å². The lowest BCUT2D eigenvalue weighted by Gasteiger charge is -2.31. The van der Waals surface area contributed by atoms with Gasteiger partial charge in [0.05, 0.1) is 6.54 Å². The molecule has 1 aliphatic rings. The van der Waals surface area contributed by atoms with Gasteiger partial charge < -0.3 is 21.6 Å². The number of hydrogen-bond acceptors (Lipinski definition) is 4. The normalized spacial score (nSPS) is 19.0. The van der Waals surface area contributed by atoms with Crippen molar-refractivity contribution in [3.8, 4) is 0 Å². The molecule has 98 valence electrons. The Hall–Kier alpha value is -1.50. The molecule has 17 heavy (non-hydrogen) atoms. The average molecular weight is 243 g/mol. The number of nitrogens with zero attached hydrogens (tertiary/aromatic N) is 2. The fourth-order valence-electron chi connectivity index (χ4n) is 1.89. The van der Waals surface area contributed by atoms with Gasteiger partial charge in [0, 0.05) is 25.7 Å². The Balaban J connectivity index is 2.24. The Bertz CT molecular complexity index is 274. The third-order valence-electron chi connectivity index (χ3n) is 2.77. The number of carbonyl (C=O) groups excluding carboxylic acids is 1. The maximum absolute atomic E-state index is 11.3. The lowest BCUT2D eigenvalue weighted by atomic mass is 10.1. The molecular weight excluding hydrogens is 222 g/mol. The quantitative estimate of drug-likeness (QED) is 0.232. The molecule has 0 bridgehead atoms. The van der Waals surface area contributed by atoms with Crippen LogP contribution in [0.4, 0.5) is 4.79 Å². The van der Waals surface area contributed by atoms with Gasteiger partial charge >= 0.3 is 6.03 Å². The second-order valence-electron chi connectivity index (χ2n) is 4.15. The molecule has 1 rings (SSSR count). The minimum Gasteiger partial charge on any atom is -0.409 e. The average Bonchev–Trinajstić information content (AvgIpc) is 2.32. The highest BCUT2D eigenvalue weighted by molar-refractivity contribution is 5.81. The third-order valence-corrected chi connectivity index (χ3v) is 2.77. The minimum atomic E-state index is -0.109. The van der Waals surface area contributed by atoms with Crippen LogP contribution in [-0.2, 0) is 0 Å². The standard InChI is InChI=1S/C10H21N5O2/c1-2-12-10(16)13-8-3-5-15(6-4-8)7-9(11)14-17/h8,17H,2-7H2,1H3,(H2,11,14)(H2,12,13,16). The summed E-state index contributed by atoms with van der Waals surface area (Å²) in [4.78, 5) is 13.4. The van der Waals surface area contributed by atoms with E-state index in [1.165, 1.54) is 0 Å². The first-order chi connectivity index (χ1) is 8.15. The minimum absolute atomic E-state index is 0.109. The molecule has 5 N–H and O–H groups in total. The number of nitrogens with one attached hydrogen (secondary N) is 2. The van der Waals surface area contributed by atoms with Crippen molar-refractivity contribution in [2.75, 3.05) is 26.2 Å². The number of hydrogen-bond donors (Lipinski definition) is 4. The number of amidine groups is 1. The van der Waals surface area contributed by atoms with Crippen LogP contribution in [0.1, 0.15) is 19.8 Å². The number of carbonyl (C=O) groups is 1. The van der Waals surface area contributed by atoms with E-state index in [1.807, 2.05) is 6.92 Å². The molecule has 0 unspecified atom stereocenters.